The van der Waals surface area contributed by atoms with Crippen molar-refractivity contribution in [1.82, 2.24) is 10.3 Å². The number of piperidine rings is 1. The summed E-state index contributed by atoms with van der Waals surface area (Å²) >= 11 is 0. The molecule has 2 aromatic carbocycles. The number of nitrogens with two attached hydrogens (primary N) is 1. The largest absolute Gasteiger partial charge is 0.416 e. The highest BCUT2D eigenvalue weighted by atomic mass is 19.4. The highest BCUT2D eigenvalue weighted by molar-refractivity contribution is 6.19. The van der Waals surface area contributed by atoms with E-state index in [4.69, 9.17) is 5.73 Å². The van der Waals surface area contributed by atoms with Gasteiger partial charge in [0.2, 0.25) is 5.91 Å². The van der Waals surface area contributed by atoms with Gasteiger partial charge in [0.1, 0.15) is 5.82 Å². The smallest absolute Gasteiger partial charge is 0.367 e. The van der Waals surface area contributed by atoms with E-state index in [1.54, 1.807) is 4.90 Å². The van der Waals surface area contributed by atoms with Crippen LogP contribution in [0.3, 0.4) is 0 Å². The lowest BCUT2D eigenvalue weighted by atomic mass is 10.00. The van der Waals surface area contributed by atoms with Crippen LogP contribution in [0.25, 0.3) is 21.8 Å². The molecule has 0 unspecified atom stereocenters. The molecule has 32 heavy (non-hydrogen) atoms. The van der Waals surface area contributed by atoms with Crippen LogP contribution in [-0.2, 0) is 11.0 Å². The van der Waals surface area contributed by atoms with Crippen LogP contribution >= 0.6 is 0 Å². The van der Waals surface area contributed by atoms with Crippen molar-refractivity contribution in [3.63, 3.8) is 0 Å². The van der Waals surface area contributed by atoms with Gasteiger partial charge in [-0.25, -0.2) is 4.39 Å². The monoisotopic (exact) mass is 448 g/mol. The average Bonchev–Trinajstić information content (AvgIpc) is 3.11. The number of primary amides is 1. The molecule has 1 aromatic heterocycles. The molecule has 0 saturated carbocycles. The highest BCUT2D eigenvalue weighted by Crippen LogP contribution is 2.40. The Bertz CT molecular complexity index is 1250. The molecule has 1 saturated heterocycles. The maximum Gasteiger partial charge on any atom is 0.416 e. The number of nitrogens with one attached hydrogen (secondary N) is 2. The van der Waals surface area contributed by atoms with Gasteiger partial charge >= 0.3 is 6.18 Å². The van der Waals surface area contributed by atoms with Gasteiger partial charge in [0.25, 0.3) is 5.91 Å². The number of aromatic nitrogens is 1. The second-order valence-corrected chi connectivity index (χ2v) is 7.75. The molecule has 4 N–H and O–H groups in total. The van der Waals surface area contributed by atoms with Crippen molar-refractivity contribution in [2.75, 3.05) is 18.0 Å². The number of alkyl halides is 3. The van der Waals surface area contributed by atoms with Crippen molar-refractivity contribution in [2.24, 2.45) is 5.73 Å². The van der Waals surface area contributed by atoms with Gasteiger partial charge in [-0.2, -0.15) is 13.2 Å². The van der Waals surface area contributed by atoms with Gasteiger partial charge in [-0.15, -0.1) is 0 Å². The molecule has 0 radical (unpaired) electrons. The third-order valence-electron chi connectivity index (χ3n) is 5.66. The number of benzene rings is 2. The Balaban J connectivity index is 1.91. The number of H-pyrrole nitrogens is 1. The number of halogens is 4. The molecule has 4 rings (SSSR count). The first-order chi connectivity index (χ1) is 15.1. The van der Waals surface area contributed by atoms with E-state index in [1.165, 1.54) is 6.07 Å². The van der Waals surface area contributed by atoms with Crippen molar-refractivity contribution >= 4 is 39.3 Å². The van der Waals surface area contributed by atoms with E-state index in [1.807, 2.05) is 0 Å². The van der Waals surface area contributed by atoms with Crippen LogP contribution in [0.5, 0.6) is 0 Å². The summed E-state index contributed by atoms with van der Waals surface area (Å²) in [5.41, 5.74) is 4.81. The number of carbonyl (C=O) groups excluding carboxylic acids is 2. The van der Waals surface area contributed by atoms with Crippen LogP contribution < -0.4 is 16.0 Å². The summed E-state index contributed by atoms with van der Waals surface area (Å²) < 4.78 is 54.9. The van der Waals surface area contributed by atoms with Crippen molar-refractivity contribution in [3.8, 4) is 0 Å². The Morgan fingerprint density at radius 1 is 1.28 bits per heavy atom. The Morgan fingerprint density at radius 3 is 2.69 bits per heavy atom. The third kappa shape index (κ3) is 3.76. The summed E-state index contributed by atoms with van der Waals surface area (Å²) in [7, 11) is 0. The third-order valence-corrected chi connectivity index (χ3v) is 5.66. The molecule has 1 fully saturated rings. The predicted molar refractivity (Wildman–Crippen MR) is 113 cm³/mol. The maximum atomic E-state index is 15.3. The molecule has 10 heteroatoms. The summed E-state index contributed by atoms with van der Waals surface area (Å²) in [5, 5.41) is 3.40. The number of fused-ring (bicyclic) bond motifs is 3. The van der Waals surface area contributed by atoms with E-state index >= 15 is 4.39 Å². The average molecular weight is 448 g/mol. The van der Waals surface area contributed by atoms with Crippen LogP contribution in [0.2, 0.25) is 0 Å². The molecule has 1 atom stereocenters. The number of aromatic amines is 1. The van der Waals surface area contributed by atoms with Gasteiger partial charge < -0.3 is 20.9 Å². The fraction of sp³-hybridized carbons (Fsp3) is 0.273. The molecule has 2 heterocycles. The zero-order valence-electron chi connectivity index (χ0n) is 16.9. The van der Waals surface area contributed by atoms with Crippen molar-refractivity contribution in [2.45, 2.75) is 25.1 Å². The zero-order valence-corrected chi connectivity index (χ0v) is 16.9. The van der Waals surface area contributed by atoms with E-state index in [0.29, 0.717) is 24.8 Å². The molecule has 168 valence electrons. The number of hydrogen-bond acceptors (Lipinski definition) is 3. The lowest BCUT2D eigenvalue weighted by Crippen LogP contribution is -2.47. The fourth-order valence-corrected chi connectivity index (χ4v) is 4.27. The van der Waals surface area contributed by atoms with Gasteiger partial charge in [0, 0.05) is 35.4 Å². The molecule has 1 aliphatic rings. The fourth-order valence-electron chi connectivity index (χ4n) is 4.27. The standard InChI is InChI=1S/C22H20F4N4O2/c1-2-17(31)28-12-4-3-7-30(10-12)20-15(23)9-14(21(27)32)19-18(20)13-6-5-11(22(24,25)26)8-16(13)29-19/h2,5-6,8-9,12,29H,1,3-4,7,10H2,(H2,27,32)(H,28,31)/t12-/m0/s1. The van der Waals surface area contributed by atoms with Crippen LogP contribution in [0.4, 0.5) is 23.2 Å². The molecular formula is C22H20F4N4O2. The van der Waals surface area contributed by atoms with E-state index in [2.05, 4.69) is 16.9 Å². The van der Waals surface area contributed by atoms with Crippen molar-refractivity contribution in [1.29, 1.82) is 0 Å². The summed E-state index contributed by atoms with van der Waals surface area (Å²) in [6, 6.07) is 3.82. The SMILES string of the molecule is C=CC(=O)N[C@H]1CCCN(c2c(F)cc(C(N)=O)c3[nH]c4cc(C(F)(F)F)ccc4c23)C1. The summed E-state index contributed by atoms with van der Waals surface area (Å²) in [5.74, 6) is -1.97. The normalized spacial score (nSPS) is 17.0. The number of carbonyl (C=O) groups is 2. The molecule has 0 bridgehead atoms. The van der Waals surface area contributed by atoms with E-state index in [9.17, 15) is 22.8 Å². The summed E-state index contributed by atoms with van der Waals surface area (Å²) in [4.78, 5) is 28.2. The molecule has 6 nitrogen and oxygen atoms in total. The van der Waals surface area contributed by atoms with Crippen LogP contribution in [-0.4, -0.2) is 35.9 Å². The number of amides is 2. The van der Waals surface area contributed by atoms with Gasteiger partial charge in [-0.3, -0.25) is 9.59 Å². The predicted octanol–water partition coefficient (Wildman–Crippen LogP) is 3.85. The lowest BCUT2D eigenvalue weighted by Gasteiger charge is -2.35. The minimum Gasteiger partial charge on any atom is -0.367 e. The molecule has 2 amide bonds. The van der Waals surface area contributed by atoms with Gasteiger partial charge in [0.05, 0.1) is 22.3 Å². The van der Waals surface area contributed by atoms with Gasteiger partial charge in [0.15, 0.2) is 0 Å². The van der Waals surface area contributed by atoms with E-state index < -0.39 is 23.5 Å². The molecule has 1 aliphatic heterocycles. The van der Waals surface area contributed by atoms with E-state index in [-0.39, 0.29) is 46.2 Å². The molecule has 3 aromatic rings. The van der Waals surface area contributed by atoms with Crippen molar-refractivity contribution < 1.29 is 27.2 Å². The first-order valence-corrected chi connectivity index (χ1v) is 9.93. The maximum absolute atomic E-state index is 15.3. The Labute approximate surface area is 180 Å². The molecular weight excluding hydrogens is 428 g/mol. The van der Waals surface area contributed by atoms with Crippen molar-refractivity contribution in [3.05, 3.63) is 53.9 Å². The first-order valence-electron chi connectivity index (χ1n) is 9.93. The quantitative estimate of drug-likeness (QED) is 0.418. The topological polar surface area (TPSA) is 91.2 Å². The minimum absolute atomic E-state index is 0.109. The first kappa shape index (κ1) is 21.7. The number of anilines is 1. The van der Waals surface area contributed by atoms with Gasteiger partial charge in [-0.05, 0) is 37.1 Å². The molecule has 0 aliphatic carbocycles. The molecule has 0 spiro atoms. The lowest BCUT2D eigenvalue weighted by molar-refractivity contribution is -0.137. The van der Waals surface area contributed by atoms with Crippen LogP contribution in [0.15, 0.2) is 36.9 Å². The van der Waals surface area contributed by atoms with Gasteiger partial charge in [-0.1, -0.05) is 12.6 Å². The minimum atomic E-state index is -4.56. The van der Waals surface area contributed by atoms with Crippen LogP contribution in [0.1, 0.15) is 28.8 Å². The second kappa shape index (κ2) is 7.85. The number of nitrogens with zero attached hydrogens (tertiary/aromatic N) is 1. The summed E-state index contributed by atoms with van der Waals surface area (Å²) in [6.07, 6.45) is -2.07. The van der Waals surface area contributed by atoms with Crippen LogP contribution in [0, 0.1) is 5.82 Å². The Morgan fingerprint density at radius 2 is 2.03 bits per heavy atom. The number of hydrogen-bond donors (Lipinski definition) is 3. The zero-order chi connectivity index (χ0) is 23.2. The number of rotatable bonds is 4. The summed E-state index contributed by atoms with van der Waals surface area (Å²) in [6.45, 7) is 4.18. The second-order valence-electron chi connectivity index (χ2n) is 7.75. The Hall–Kier alpha value is -3.56. The van der Waals surface area contributed by atoms with E-state index in [0.717, 1.165) is 24.3 Å². The highest BCUT2D eigenvalue weighted by Gasteiger charge is 2.32. The Kier molecular flexibility index (Phi) is 5.31.